The minimum absolute atomic E-state index is 0.0274. The fourth-order valence-electron chi connectivity index (χ4n) is 2.60. The van der Waals surface area contributed by atoms with Gasteiger partial charge in [-0.15, -0.1) is 0 Å². The summed E-state index contributed by atoms with van der Waals surface area (Å²) in [6.07, 6.45) is -0.534. The molecule has 1 saturated heterocycles. The van der Waals surface area contributed by atoms with Gasteiger partial charge in [0.1, 0.15) is 11.4 Å². The Morgan fingerprint density at radius 3 is 2.54 bits per heavy atom. The third kappa shape index (κ3) is 5.44. The Morgan fingerprint density at radius 2 is 1.88 bits per heavy atom. The molecule has 1 aromatic carbocycles. The number of anilines is 1. The molecule has 0 aliphatic carbocycles. The Bertz CT molecular complexity index is 687. The van der Waals surface area contributed by atoms with Crippen molar-refractivity contribution in [1.29, 1.82) is 0 Å². The van der Waals surface area contributed by atoms with Crippen LogP contribution in [0.5, 0.6) is 0 Å². The SMILES string of the molecule is CC(C)(C)OC(=O)NCCNC(=O)[C@H]1CC(=O)N(c2ccccc2F)C1. The molecule has 1 aliphatic heterocycles. The van der Waals surface area contributed by atoms with Gasteiger partial charge in [-0.2, -0.15) is 0 Å². The van der Waals surface area contributed by atoms with Crippen molar-refractivity contribution in [2.75, 3.05) is 24.5 Å². The number of carbonyl (C=O) groups excluding carboxylic acids is 3. The summed E-state index contributed by atoms with van der Waals surface area (Å²) in [5.41, 5.74) is -0.410. The average molecular weight is 365 g/mol. The molecule has 1 heterocycles. The Morgan fingerprint density at radius 1 is 1.23 bits per heavy atom. The topological polar surface area (TPSA) is 87.7 Å². The van der Waals surface area contributed by atoms with Crippen molar-refractivity contribution >= 4 is 23.6 Å². The van der Waals surface area contributed by atoms with Crippen molar-refractivity contribution in [1.82, 2.24) is 10.6 Å². The highest BCUT2D eigenvalue weighted by molar-refractivity contribution is 6.00. The lowest BCUT2D eigenvalue weighted by molar-refractivity contribution is -0.126. The molecule has 0 unspecified atom stereocenters. The molecule has 1 fully saturated rings. The van der Waals surface area contributed by atoms with Gasteiger partial charge in [0.25, 0.3) is 0 Å². The largest absolute Gasteiger partial charge is 0.444 e. The zero-order valence-electron chi connectivity index (χ0n) is 15.2. The molecule has 0 spiro atoms. The number of ether oxygens (including phenoxy) is 1. The van der Waals surface area contributed by atoms with Gasteiger partial charge in [-0.05, 0) is 32.9 Å². The predicted molar refractivity (Wildman–Crippen MR) is 94.1 cm³/mol. The molecule has 0 radical (unpaired) electrons. The molecule has 2 N–H and O–H groups in total. The smallest absolute Gasteiger partial charge is 0.407 e. The summed E-state index contributed by atoms with van der Waals surface area (Å²) in [5, 5.41) is 5.20. The maximum Gasteiger partial charge on any atom is 0.407 e. The molecule has 2 rings (SSSR count). The number of benzene rings is 1. The van der Waals surface area contributed by atoms with Crippen molar-refractivity contribution in [3.8, 4) is 0 Å². The van der Waals surface area contributed by atoms with Crippen LogP contribution in [0.15, 0.2) is 24.3 Å². The van der Waals surface area contributed by atoms with Crippen LogP contribution in [0, 0.1) is 11.7 Å². The number of nitrogens with one attached hydrogen (secondary N) is 2. The van der Waals surface area contributed by atoms with Gasteiger partial charge in [0.2, 0.25) is 11.8 Å². The van der Waals surface area contributed by atoms with Gasteiger partial charge in [0.15, 0.2) is 0 Å². The van der Waals surface area contributed by atoms with Gasteiger partial charge in [0, 0.05) is 26.1 Å². The molecule has 3 amide bonds. The van der Waals surface area contributed by atoms with Crippen LogP contribution < -0.4 is 15.5 Å². The molecule has 1 aliphatic rings. The number of para-hydroxylation sites is 1. The third-order valence-corrected chi connectivity index (χ3v) is 3.73. The fraction of sp³-hybridized carbons (Fsp3) is 0.500. The molecule has 8 heteroatoms. The van der Waals surface area contributed by atoms with Crippen LogP contribution in [0.4, 0.5) is 14.9 Å². The van der Waals surface area contributed by atoms with E-state index in [2.05, 4.69) is 10.6 Å². The first-order chi connectivity index (χ1) is 12.2. The highest BCUT2D eigenvalue weighted by atomic mass is 19.1. The second-order valence-corrected chi connectivity index (χ2v) is 7.08. The molecule has 0 saturated carbocycles. The maximum atomic E-state index is 13.8. The van der Waals surface area contributed by atoms with Crippen LogP contribution in [0.3, 0.4) is 0 Å². The molecular formula is C18H24FN3O4. The van der Waals surface area contributed by atoms with Crippen molar-refractivity contribution in [2.24, 2.45) is 5.92 Å². The summed E-state index contributed by atoms with van der Waals surface area (Å²) in [6, 6.07) is 5.97. The zero-order valence-corrected chi connectivity index (χ0v) is 15.2. The van der Waals surface area contributed by atoms with E-state index in [1.807, 2.05) is 0 Å². The number of amides is 3. The molecule has 7 nitrogen and oxygen atoms in total. The van der Waals surface area contributed by atoms with Gasteiger partial charge >= 0.3 is 6.09 Å². The number of nitrogens with zero attached hydrogens (tertiary/aromatic N) is 1. The van der Waals surface area contributed by atoms with Gasteiger partial charge in [-0.3, -0.25) is 9.59 Å². The van der Waals surface area contributed by atoms with E-state index >= 15 is 0 Å². The number of hydrogen-bond donors (Lipinski definition) is 2. The van der Waals surface area contributed by atoms with Gasteiger partial charge in [0.05, 0.1) is 11.6 Å². The second-order valence-electron chi connectivity index (χ2n) is 7.08. The Labute approximate surface area is 151 Å². The minimum Gasteiger partial charge on any atom is -0.444 e. The molecule has 0 bridgehead atoms. The van der Waals surface area contributed by atoms with E-state index in [9.17, 15) is 18.8 Å². The molecule has 1 aromatic rings. The van der Waals surface area contributed by atoms with Crippen LogP contribution in [-0.4, -0.2) is 43.1 Å². The average Bonchev–Trinajstić information content (AvgIpc) is 2.92. The monoisotopic (exact) mass is 365 g/mol. The lowest BCUT2D eigenvalue weighted by atomic mass is 10.1. The quantitative estimate of drug-likeness (QED) is 0.779. The predicted octanol–water partition coefficient (Wildman–Crippen LogP) is 1.82. The van der Waals surface area contributed by atoms with Crippen molar-refractivity contribution < 1.29 is 23.5 Å². The standard InChI is InChI=1S/C18H24FN3O4/c1-18(2,3)26-17(25)21-9-8-20-16(24)12-10-15(23)22(11-12)14-7-5-4-6-13(14)19/h4-7,12H,8-11H2,1-3H3,(H,20,24)(H,21,25)/t12-/m0/s1. The molecular weight excluding hydrogens is 341 g/mol. The van der Waals surface area contributed by atoms with Crippen LogP contribution >= 0.6 is 0 Å². The number of alkyl carbamates (subject to hydrolysis) is 1. The Kier molecular flexibility index (Phi) is 6.18. The first kappa shape index (κ1) is 19.7. The summed E-state index contributed by atoms with van der Waals surface area (Å²) in [6.45, 7) is 5.82. The third-order valence-electron chi connectivity index (χ3n) is 3.73. The van der Waals surface area contributed by atoms with E-state index in [1.54, 1.807) is 32.9 Å². The Balaban J connectivity index is 1.78. The zero-order chi connectivity index (χ0) is 19.3. The second kappa shape index (κ2) is 8.16. The van der Waals surface area contributed by atoms with Crippen LogP contribution in [0.2, 0.25) is 0 Å². The normalized spacial score (nSPS) is 17.2. The van der Waals surface area contributed by atoms with E-state index in [4.69, 9.17) is 4.74 Å². The van der Waals surface area contributed by atoms with E-state index in [-0.39, 0.29) is 43.6 Å². The van der Waals surface area contributed by atoms with Gasteiger partial charge < -0.3 is 20.3 Å². The lowest BCUT2D eigenvalue weighted by Gasteiger charge is -2.20. The first-order valence-electron chi connectivity index (χ1n) is 8.47. The first-order valence-corrected chi connectivity index (χ1v) is 8.47. The lowest BCUT2D eigenvalue weighted by Crippen LogP contribution is -2.40. The van der Waals surface area contributed by atoms with Crippen molar-refractivity contribution in [2.45, 2.75) is 32.8 Å². The Hall–Kier alpha value is -2.64. The van der Waals surface area contributed by atoms with E-state index < -0.39 is 23.4 Å². The number of carbonyl (C=O) groups is 3. The van der Waals surface area contributed by atoms with Crippen LogP contribution in [-0.2, 0) is 14.3 Å². The summed E-state index contributed by atoms with van der Waals surface area (Å²) in [5.74, 6) is -1.64. The van der Waals surface area contributed by atoms with Crippen LogP contribution in [0.1, 0.15) is 27.2 Å². The van der Waals surface area contributed by atoms with Crippen LogP contribution in [0.25, 0.3) is 0 Å². The maximum absolute atomic E-state index is 13.8. The highest BCUT2D eigenvalue weighted by Crippen LogP contribution is 2.27. The summed E-state index contributed by atoms with van der Waals surface area (Å²) in [7, 11) is 0. The molecule has 0 aromatic heterocycles. The molecule has 26 heavy (non-hydrogen) atoms. The van der Waals surface area contributed by atoms with Crippen molar-refractivity contribution in [3.63, 3.8) is 0 Å². The van der Waals surface area contributed by atoms with E-state index in [0.717, 1.165) is 0 Å². The molecule has 1 atom stereocenters. The number of hydrogen-bond acceptors (Lipinski definition) is 4. The number of halogens is 1. The number of rotatable bonds is 5. The van der Waals surface area contributed by atoms with Gasteiger partial charge in [-0.25, -0.2) is 9.18 Å². The highest BCUT2D eigenvalue weighted by Gasteiger charge is 2.35. The summed E-state index contributed by atoms with van der Waals surface area (Å²) < 4.78 is 18.9. The fourth-order valence-corrected chi connectivity index (χ4v) is 2.60. The molecule has 142 valence electrons. The van der Waals surface area contributed by atoms with E-state index in [1.165, 1.54) is 17.0 Å². The van der Waals surface area contributed by atoms with Crippen molar-refractivity contribution in [3.05, 3.63) is 30.1 Å². The van der Waals surface area contributed by atoms with Gasteiger partial charge in [-0.1, -0.05) is 12.1 Å². The summed E-state index contributed by atoms with van der Waals surface area (Å²) in [4.78, 5) is 37.1. The summed E-state index contributed by atoms with van der Waals surface area (Å²) >= 11 is 0. The van der Waals surface area contributed by atoms with E-state index in [0.29, 0.717) is 0 Å². The minimum atomic E-state index is -0.590.